The average Bonchev–Trinajstić information content (AvgIpc) is 3.01. The molecule has 9 heteroatoms. The molecule has 1 rings (SSSR count). The highest BCUT2D eigenvalue weighted by molar-refractivity contribution is 7.91. The average molecular weight is 367 g/mol. The van der Waals surface area contributed by atoms with Crippen molar-refractivity contribution in [3.8, 4) is 0 Å². The molecular formula is C14H25NO6S2. The van der Waals surface area contributed by atoms with E-state index in [2.05, 4.69) is 4.72 Å². The fourth-order valence-electron chi connectivity index (χ4n) is 1.91. The van der Waals surface area contributed by atoms with Gasteiger partial charge in [0.05, 0.1) is 18.8 Å². The van der Waals surface area contributed by atoms with Gasteiger partial charge in [0.15, 0.2) is 0 Å². The molecule has 0 saturated heterocycles. The summed E-state index contributed by atoms with van der Waals surface area (Å²) in [5, 5.41) is 27.8. The number of sulfonamides is 1. The fraction of sp³-hybridized carbons (Fsp3) is 0.714. The summed E-state index contributed by atoms with van der Waals surface area (Å²) in [6, 6.07) is 3.36. The van der Waals surface area contributed by atoms with Gasteiger partial charge in [0.25, 0.3) is 0 Å². The standard InChI is InChI=1S/C14H25NO6S2/c1-4-11-5-6-13(22-11)23(19,20)15-7-9(2)21-10(3)14(18)12(17)8-16/h5-6,9-10,12,14-18H,4,7-8H2,1-3H3/t9-,10?,12+,14?/m0/s1. The van der Waals surface area contributed by atoms with Crippen LogP contribution in [0.15, 0.2) is 16.3 Å². The van der Waals surface area contributed by atoms with Crippen LogP contribution in [0.5, 0.6) is 0 Å². The molecular weight excluding hydrogens is 342 g/mol. The second kappa shape index (κ2) is 9.07. The van der Waals surface area contributed by atoms with Crippen molar-refractivity contribution < 1.29 is 28.5 Å². The topological polar surface area (TPSA) is 116 Å². The number of ether oxygens (including phenoxy) is 1. The van der Waals surface area contributed by atoms with E-state index in [9.17, 15) is 18.6 Å². The van der Waals surface area contributed by atoms with Gasteiger partial charge in [0.1, 0.15) is 16.4 Å². The highest BCUT2D eigenvalue weighted by Crippen LogP contribution is 2.21. The van der Waals surface area contributed by atoms with Crippen molar-refractivity contribution in [3.63, 3.8) is 0 Å². The van der Waals surface area contributed by atoms with E-state index in [0.29, 0.717) is 0 Å². The lowest BCUT2D eigenvalue weighted by molar-refractivity contribution is -0.111. The summed E-state index contributed by atoms with van der Waals surface area (Å²) in [4.78, 5) is 0.990. The lowest BCUT2D eigenvalue weighted by atomic mass is 10.1. The van der Waals surface area contributed by atoms with E-state index in [0.717, 1.165) is 11.3 Å². The van der Waals surface area contributed by atoms with Crippen molar-refractivity contribution in [3.05, 3.63) is 17.0 Å². The normalized spacial score (nSPS) is 17.7. The number of hydrogen-bond donors (Lipinski definition) is 4. The van der Waals surface area contributed by atoms with Crippen molar-refractivity contribution in [1.29, 1.82) is 0 Å². The molecule has 1 heterocycles. The molecule has 0 saturated carbocycles. The van der Waals surface area contributed by atoms with E-state index < -0.39 is 41.0 Å². The summed E-state index contributed by atoms with van der Waals surface area (Å²) in [5.74, 6) is 0. The molecule has 0 amide bonds. The molecule has 0 aliphatic heterocycles. The largest absolute Gasteiger partial charge is 0.394 e. The van der Waals surface area contributed by atoms with Crippen molar-refractivity contribution in [2.24, 2.45) is 0 Å². The molecule has 0 spiro atoms. The third kappa shape index (κ3) is 6.11. The second-order valence-electron chi connectivity index (χ2n) is 5.32. The molecule has 4 N–H and O–H groups in total. The van der Waals surface area contributed by atoms with Gasteiger partial charge in [-0.05, 0) is 32.4 Å². The Kier molecular flexibility index (Phi) is 8.08. The van der Waals surface area contributed by atoms with E-state index in [1.807, 2.05) is 6.92 Å². The molecule has 0 aliphatic rings. The minimum Gasteiger partial charge on any atom is -0.394 e. The molecule has 0 aromatic carbocycles. The summed E-state index contributed by atoms with van der Waals surface area (Å²) in [7, 11) is -3.59. The van der Waals surface area contributed by atoms with Gasteiger partial charge in [-0.3, -0.25) is 0 Å². The van der Waals surface area contributed by atoms with Crippen LogP contribution in [0.2, 0.25) is 0 Å². The number of nitrogens with one attached hydrogen (secondary N) is 1. The maximum absolute atomic E-state index is 12.2. The molecule has 7 nitrogen and oxygen atoms in total. The maximum atomic E-state index is 12.2. The molecule has 0 radical (unpaired) electrons. The molecule has 0 aliphatic carbocycles. The van der Waals surface area contributed by atoms with Crippen LogP contribution in [-0.2, 0) is 21.2 Å². The van der Waals surface area contributed by atoms with Crippen LogP contribution >= 0.6 is 11.3 Å². The highest BCUT2D eigenvalue weighted by Gasteiger charge is 2.25. The van der Waals surface area contributed by atoms with Gasteiger partial charge in [-0.1, -0.05) is 6.92 Å². The first-order chi connectivity index (χ1) is 10.7. The van der Waals surface area contributed by atoms with Crippen LogP contribution in [-0.4, -0.2) is 61.3 Å². The molecule has 1 aromatic rings. The monoisotopic (exact) mass is 367 g/mol. The number of hydrogen-bond acceptors (Lipinski definition) is 7. The molecule has 134 valence electrons. The van der Waals surface area contributed by atoms with Gasteiger partial charge >= 0.3 is 0 Å². The molecule has 4 atom stereocenters. The first-order valence-electron chi connectivity index (χ1n) is 7.42. The van der Waals surface area contributed by atoms with E-state index in [1.54, 1.807) is 26.0 Å². The number of thiophene rings is 1. The fourth-order valence-corrected chi connectivity index (χ4v) is 4.36. The number of aliphatic hydroxyl groups is 3. The number of rotatable bonds is 10. The Labute approximate surface area is 141 Å². The van der Waals surface area contributed by atoms with Crippen LogP contribution in [0, 0.1) is 0 Å². The Morgan fingerprint density at radius 2 is 1.96 bits per heavy atom. The first-order valence-corrected chi connectivity index (χ1v) is 9.72. The van der Waals surface area contributed by atoms with Gasteiger partial charge < -0.3 is 20.1 Å². The van der Waals surface area contributed by atoms with Gasteiger partial charge in [0.2, 0.25) is 10.0 Å². The predicted molar refractivity (Wildman–Crippen MR) is 88.0 cm³/mol. The summed E-state index contributed by atoms with van der Waals surface area (Å²) in [5.41, 5.74) is 0. The summed E-state index contributed by atoms with van der Waals surface area (Å²) >= 11 is 1.23. The lowest BCUT2D eigenvalue weighted by Crippen LogP contribution is -2.42. The molecule has 23 heavy (non-hydrogen) atoms. The molecule has 0 bridgehead atoms. The summed E-state index contributed by atoms with van der Waals surface area (Å²) in [6.07, 6.45) is -3.02. The van der Waals surface area contributed by atoms with E-state index in [-0.39, 0.29) is 10.8 Å². The van der Waals surface area contributed by atoms with E-state index in [4.69, 9.17) is 9.84 Å². The Morgan fingerprint density at radius 3 is 2.48 bits per heavy atom. The molecule has 0 fully saturated rings. The van der Waals surface area contributed by atoms with Crippen LogP contribution in [0.1, 0.15) is 25.6 Å². The van der Waals surface area contributed by atoms with Crippen LogP contribution in [0.25, 0.3) is 0 Å². The van der Waals surface area contributed by atoms with Gasteiger partial charge in [-0.15, -0.1) is 11.3 Å². The lowest BCUT2D eigenvalue weighted by Gasteiger charge is -2.26. The quantitative estimate of drug-likeness (QED) is 0.466. The van der Waals surface area contributed by atoms with Crippen molar-refractivity contribution >= 4 is 21.4 Å². The predicted octanol–water partition coefficient (Wildman–Crippen LogP) is 0.0965. The first kappa shape index (κ1) is 20.5. The van der Waals surface area contributed by atoms with Crippen molar-refractivity contribution in [2.75, 3.05) is 13.2 Å². The Morgan fingerprint density at radius 1 is 1.30 bits per heavy atom. The zero-order valence-electron chi connectivity index (χ0n) is 13.5. The van der Waals surface area contributed by atoms with Crippen LogP contribution in [0.3, 0.4) is 0 Å². The van der Waals surface area contributed by atoms with Crippen LogP contribution in [0.4, 0.5) is 0 Å². The van der Waals surface area contributed by atoms with E-state index >= 15 is 0 Å². The highest BCUT2D eigenvalue weighted by atomic mass is 32.2. The van der Waals surface area contributed by atoms with Crippen molar-refractivity contribution in [2.45, 2.75) is 55.8 Å². The third-order valence-electron chi connectivity index (χ3n) is 3.32. The summed E-state index contributed by atoms with van der Waals surface area (Å²) in [6.45, 7) is 4.62. The van der Waals surface area contributed by atoms with Crippen LogP contribution < -0.4 is 4.72 Å². The van der Waals surface area contributed by atoms with Gasteiger partial charge in [-0.25, -0.2) is 13.1 Å². The zero-order valence-corrected chi connectivity index (χ0v) is 15.1. The molecule has 2 unspecified atom stereocenters. The Hall–Kier alpha value is -0.550. The minimum absolute atomic E-state index is 0.0357. The second-order valence-corrected chi connectivity index (χ2v) is 8.48. The minimum atomic E-state index is -3.59. The van der Waals surface area contributed by atoms with E-state index in [1.165, 1.54) is 11.3 Å². The molecule has 1 aromatic heterocycles. The summed E-state index contributed by atoms with van der Waals surface area (Å²) < 4.78 is 32.5. The van der Waals surface area contributed by atoms with Gasteiger partial charge in [0, 0.05) is 11.4 Å². The zero-order chi connectivity index (χ0) is 17.6. The third-order valence-corrected chi connectivity index (χ3v) is 6.47. The Balaban J connectivity index is 2.53. The number of aryl methyl sites for hydroxylation is 1. The van der Waals surface area contributed by atoms with Crippen molar-refractivity contribution in [1.82, 2.24) is 4.72 Å². The maximum Gasteiger partial charge on any atom is 0.250 e. The number of aliphatic hydroxyl groups excluding tert-OH is 3. The van der Waals surface area contributed by atoms with Gasteiger partial charge in [-0.2, -0.15) is 0 Å². The smallest absolute Gasteiger partial charge is 0.250 e. The SMILES string of the molecule is CCc1ccc(S(=O)(=O)NC[C@H](C)OC(C)C(O)[C@H](O)CO)s1. The Bertz CT molecular complexity index is 574.